The minimum atomic E-state index is -0.173. The predicted molar refractivity (Wildman–Crippen MR) is 99.8 cm³/mol. The third-order valence-corrected chi connectivity index (χ3v) is 5.46. The Morgan fingerprint density at radius 3 is 2.76 bits per heavy atom. The van der Waals surface area contributed by atoms with Crippen molar-refractivity contribution >= 4 is 5.97 Å². The van der Waals surface area contributed by atoms with E-state index in [-0.39, 0.29) is 5.97 Å². The van der Waals surface area contributed by atoms with Crippen molar-refractivity contribution in [1.29, 1.82) is 0 Å². The molecule has 3 heteroatoms. The first kappa shape index (κ1) is 16.3. The second-order valence-electron chi connectivity index (χ2n) is 7.00. The summed E-state index contributed by atoms with van der Waals surface area (Å²) in [4.78, 5) is 14.5. The van der Waals surface area contributed by atoms with Gasteiger partial charge in [0, 0.05) is 24.6 Å². The molecule has 2 aromatic carbocycles. The van der Waals surface area contributed by atoms with Crippen molar-refractivity contribution in [3.05, 3.63) is 53.1 Å². The number of nitrogens with zero attached hydrogens (tertiary/aromatic N) is 1. The monoisotopic (exact) mass is 335 g/mol. The van der Waals surface area contributed by atoms with Gasteiger partial charge < -0.3 is 4.74 Å². The lowest BCUT2D eigenvalue weighted by Crippen LogP contribution is -2.38. The number of esters is 1. The summed E-state index contributed by atoms with van der Waals surface area (Å²) < 4.78 is 5.67. The van der Waals surface area contributed by atoms with Gasteiger partial charge in [0.2, 0.25) is 0 Å². The zero-order valence-electron chi connectivity index (χ0n) is 15.0. The van der Waals surface area contributed by atoms with Gasteiger partial charge in [0.05, 0.1) is 0 Å². The van der Waals surface area contributed by atoms with E-state index in [9.17, 15) is 4.79 Å². The molecule has 1 unspecified atom stereocenters. The highest BCUT2D eigenvalue weighted by Gasteiger charge is 2.35. The van der Waals surface area contributed by atoms with E-state index in [0.29, 0.717) is 18.2 Å². The molecule has 4 rings (SSSR count). The molecule has 0 amide bonds. The summed E-state index contributed by atoms with van der Waals surface area (Å²) in [5.74, 6) is 0.539. The Morgan fingerprint density at radius 2 is 1.96 bits per heavy atom. The summed E-state index contributed by atoms with van der Waals surface area (Å²) in [6, 6.07) is 13.2. The number of rotatable bonds is 4. The van der Waals surface area contributed by atoms with Gasteiger partial charge in [-0.05, 0) is 54.1 Å². The van der Waals surface area contributed by atoms with Crippen molar-refractivity contribution in [2.24, 2.45) is 0 Å². The fourth-order valence-corrected chi connectivity index (χ4v) is 4.37. The fourth-order valence-electron chi connectivity index (χ4n) is 4.37. The Morgan fingerprint density at radius 1 is 1.16 bits per heavy atom. The minimum absolute atomic E-state index is 0.173. The van der Waals surface area contributed by atoms with Gasteiger partial charge in [-0.2, -0.15) is 0 Å². The van der Waals surface area contributed by atoms with E-state index in [4.69, 9.17) is 4.74 Å². The molecule has 0 aromatic heterocycles. The first-order valence-electron chi connectivity index (χ1n) is 9.41. The molecule has 0 bridgehead atoms. The first-order valence-corrected chi connectivity index (χ1v) is 9.41. The molecule has 1 atom stereocenters. The van der Waals surface area contributed by atoms with Crippen LogP contribution in [0.3, 0.4) is 0 Å². The molecule has 0 saturated carbocycles. The zero-order valence-corrected chi connectivity index (χ0v) is 15.0. The van der Waals surface area contributed by atoms with Crippen LogP contribution in [0.5, 0.6) is 5.75 Å². The number of hydrogen-bond acceptors (Lipinski definition) is 3. The Bertz CT molecular complexity index is 812. The highest BCUT2D eigenvalue weighted by Crippen LogP contribution is 2.48. The Labute approximate surface area is 149 Å². The van der Waals surface area contributed by atoms with Crippen molar-refractivity contribution in [2.45, 2.75) is 45.6 Å². The van der Waals surface area contributed by atoms with E-state index in [0.717, 1.165) is 31.5 Å². The lowest BCUT2D eigenvalue weighted by atomic mass is 9.77. The number of fused-ring (bicyclic) bond motifs is 2. The van der Waals surface area contributed by atoms with E-state index in [1.165, 1.54) is 28.7 Å². The topological polar surface area (TPSA) is 29.5 Å². The molecule has 0 N–H and O–H groups in total. The maximum absolute atomic E-state index is 11.9. The van der Waals surface area contributed by atoms with Gasteiger partial charge in [0.1, 0.15) is 5.75 Å². The van der Waals surface area contributed by atoms with Crippen LogP contribution in [0.1, 0.15) is 49.4 Å². The lowest BCUT2D eigenvalue weighted by Gasteiger charge is -2.41. The van der Waals surface area contributed by atoms with E-state index < -0.39 is 0 Å². The van der Waals surface area contributed by atoms with Crippen molar-refractivity contribution < 1.29 is 9.53 Å². The maximum Gasteiger partial charge on any atom is 0.310 e. The Kier molecular flexibility index (Phi) is 4.34. The highest BCUT2D eigenvalue weighted by atomic mass is 16.5. The van der Waals surface area contributed by atoms with Crippen LogP contribution in [0.4, 0.5) is 0 Å². The number of benzene rings is 2. The summed E-state index contributed by atoms with van der Waals surface area (Å²) in [7, 11) is 0. The highest BCUT2D eigenvalue weighted by molar-refractivity contribution is 5.83. The van der Waals surface area contributed by atoms with Crippen LogP contribution >= 0.6 is 0 Å². The van der Waals surface area contributed by atoms with Gasteiger partial charge in [-0.3, -0.25) is 9.69 Å². The standard InChI is InChI=1S/C22H25NO2/c1-3-12-23-13-11-15-7-5-9-17-21(15)18(23)14-16-8-6-10-19(22(16)17)25-20(24)4-2/h5-10,18H,3-4,11-14H2,1-2H3. The molecule has 3 nitrogen and oxygen atoms in total. The molecule has 2 aromatic rings. The third-order valence-electron chi connectivity index (χ3n) is 5.46. The lowest BCUT2D eigenvalue weighted by molar-refractivity contribution is -0.133. The van der Waals surface area contributed by atoms with Gasteiger partial charge in [0.25, 0.3) is 0 Å². The van der Waals surface area contributed by atoms with Crippen LogP contribution in [-0.4, -0.2) is 24.0 Å². The van der Waals surface area contributed by atoms with E-state index in [1.54, 1.807) is 0 Å². The Hall–Kier alpha value is -2.13. The molecule has 0 fully saturated rings. The molecule has 0 saturated heterocycles. The summed E-state index contributed by atoms with van der Waals surface area (Å²) >= 11 is 0. The molecule has 25 heavy (non-hydrogen) atoms. The number of hydrogen-bond donors (Lipinski definition) is 0. The first-order chi connectivity index (χ1) is 12.2. The van der Waals surface area contributed by atoms with Crippen LogP contribution in [0, 0.1) is 0 Å². The fraction of sp³-hybridized carbons (Fsp3) is 0.409. The van der Waals surface area contributed by atoms with E-state index >= 15 is 0 Å². The molecular formula is C22H25NO2. The van der Waals surface area contributed by atoms with Crippen molar-refractivity contribution in [3.63, 3.8) is 0 Å². The summed E-state index contributed by atoms with van der Waals surface area (Å²) in [5, 5.41) is 0. The average Bonchev–Trinajstić information content (AvgIpc) is 2.64. The maximum atomic E-state index is 11.9. The van der Waals surface area contributed by atoms with Crippen molar-refractivity contribution in [1.82, 2.24) is 4.90 Å². The normalized spacial score (nSPS) is 18.4. The molecule has 0 radical (unpaired) electrons. The number of ether oxygens (including phenoxy) is 1. The number of carbonyl (C=O) groups is 1. The summed E-state index contributed by atoms with van der Waals surface area (Å²) in [5.41, 5.74) is 6.57. The second kappa shape index (κ2) is 6.64. The van der Waals surface area contributed by atoms with Crippen LogP contribution in [0.2, 0.25) is 0 Å². The molecule has 1 aliphatic heterocycles. The van der Waals surface area contributed by atoms with Crippen LogP contribution in [0.25, 0.3) is 11.1 Å². The minimum Gasteiger partial charge on any atom is -0.426 e. The molecule has 2 aliphatic rings. The number of carbonyl (C=O) groups excluding carboxylic acids is 1. The van der Waals surface area contributed by atoms with Gasteiger partial charge >= 0.3 is 5.97 Å². The van der Waals surface area contributed by atoms with Gasteiger partial charge in [-0.1, -0.05) is 44.2 Å². The van der Waals surface area contributed by atoms with Gasteiger partial charge in [-0.25, -0.2) is 0 Å². The smallest absolute Gasteiger partial charge is 0.310 e. The van der Waals surface area contributed by atoms with E-state index in [2.05, 4.69) is 36.1 Å². The zero-order chi connectivity index (χ0) is 17.4. The molecule has 0 spiro atoms. The van der Waals surface area contributed by atoms with Gasteiger partial charge in [0.15, 0.2) is 0 Å². The van der Waals surface area contributed by atoms with Crippen LogP contribution in [-0.2, 0) is 17.6 Å². The van der Waals surface area contributed by atoms with Gasteiger partial charge in [-0.15, -0.1) is 0 Å². The predicted octanol–water partition coefficient (Wildman–Crippen LogP) is 4.53. The largest absolute Gasteiger partial charge is 0.426 e. The summed E-state index contributed by atoms with van der Waals surface area (Å²) in [6.45, 7) is 6.36. The van der Waals surface area contributed by atoms with Crippen molar-refractivity contribution in [2.75, 3.05) is 13.1 Å². The SMILES string of the molecule is CCCN1CCc2cccc3c2C1Cc1cccc(OC(=O)CC)c1-3. The second-order valence-corrected chi connectivity index (χ2v) is 7.00. The molecule has 1 aliphatic carbocycles. The van der Waals surface area contributed by atoms with E-state index in [1.807, 2.05) is 19.1 Å². The third kappa shape index (κ3) is 2.77. The van der Waals surface area contributed by atoms with Crippen molar-refractivity contribution in [3.8, 4) is 16.9 Å². The Balaban J connectivity index is 1.86. The average molecular weight is 335 g/mol. The van der Waals surface area contributed by atoms with Crippen LogP contribution in [0.15, 0.2) is 36.4 Å². The molecule has 1 heterocycles. The molecular weight excluding hydrogens is 310 g/mol. The van der Waals surface area contributed by atoms with Crippen LogP contribution < -0.4 is 4.74 Å². The summed E-state index contributed by atoms with van der Waals surface area (Å²) in [6.07, 6.45) is 3.67. The molecule has 130 valence electrons. The quantitative estimate of drug-likeness (QED) is 0.607.